The largest absolute Gasteiger partial charge is 0.481 e. The van der Waals surface area contributed by atoms with Crippen molar-refractivity contribution in [3.8, 4) is 0 Å². The zero-order valence-corrected chi connectivity index (χ0v) is 13.3. The van der Waals surface area contributed by atoms with Crippen molar-refractivity contribution in [2.24, 2.45) is 0 Å². The van der Waals surface area contributed by atoms with Crippen molar-refractivity contribution in [3.63, 3.8) is 0 Å². The molecule has 0 spiro atoms. The Kier molecular flexibility index (Phi) is 5.39. The lowest BCUT2D eigenvalue weighted by atomic mass is 9.78. The number of carboxylic acids is 1. The van der Waals surface area contributed by atoms with Crippen LogP contribution in [0.2, 0.25) is 0 Å². The molecule has 5 heteroatoms. The molecule has 1 aliphatic carbocycles. The number of carboxylic acid groups (broad SMARTS) is 1. The molecule has 2 rings (SSSR count). The Hall–Kier alpha value is -1.36. The standard InChI is InChI=1S/C16H23NO3S/c1-17(14(18)8-7-13-6-5-11-21-13)16(12-15(19)20)9-3-2-4-10-16/h5-6,11H,2-4,7-10,12H2,1H3,(H,19,20). The second kappa shape index (κ2) is 7.07. The number of rotatable bonds is 6. The van der Waals surface area contributed by atoms with E-state index in [0.717, 1.165) is 38.5 Å². The number of thiophene rings is 1. The molecule has 1 fully saturated rings. The summed E-state index contributed by atoms with van der Waals surface area (Å²) in [5.41, 5.74) is -0.476. The summed E-state index contributed by atoms with van der Waals surface area (Å²) in [4.78, 5) is 26.6. The van der Waals surface area contributed by atoms with Crippen LogP contribution in [0.25, 0.3) is 0 Å². The lowest BCUT2D eigenvalue weighted by Gasteiger charge is -2.44. The minimum atomic E-state index is -0.810. The van der Waals surface area contributed by atoms with Gasteiger partial charge in [0.15, 0.2) is 0 Å². The highest BCUT2D eigenvalue weighted by molar-refractivity contribution is 7.09. The van der Waals surface area contributed by atoms with Crippen LogP contribution in [-0.4, -0.2) is 34.5 Å². The lowest BCUT2D eigenvalue weighted by molar-refractivity contribution is -0.145. The van der Waals surface area contributed by atoms with Gasteiger partial charge in [0.25, 0.3) is 0 Å². The molecule has 1 N–H and O–H groups in total. The molecule has 0 aromatic carbocycles. The van der Waals surface area contributed by atoms with Gasteiger partial charge >= 0.3 is 5.97 Å². The molecule has 1 aromatic heterocycles. The molecule has 0 unspecified atom stereocenters. The van der Waals surface area contributed by atoms with Gasteiger partial charge in [-0.2, -0.15) is 0 Å². The van der Waals surface area contributed by atoms with Gasteiger partial charge in [-0.15, -0.1) is 11.3 Å². The Balaban J connectivity index is 2.00. The van der Waals surface area contributed by atoms with E-state index in [9.17, 15) is 14.7 Å². The molecule has 1 aromatic rings. The molecule has 1 heterocycles. The van der Waals surface area contributed by atoms with E-state index in [-0.39, 0.29) is 12.3 Å². The number of carbonyl (C=O) groups excluding carboxylic acids is 1. The lowest BCUT2D eigenvalue weighted by Crippen LogP contribution is -2.52. The van der Waals surface area contributed by atoms with E-state index in [4.69, 9.17) is 0 Å². The van der Waals surface area contributed by atoms with Crippen LogP contribution in [0.5, 0.6) is 0 Å². The first-order valence-corrected chi connectivity index (χ1v) is 8.42. The van der Waals surface area contributed by atoms with Gasteiger partial charge in [0.1, 0.15) is 0 Å². The topological polar surface area (TPSA) is 57.6 Å². The average Bonchev–Trinajstić information content (AvgIpc) is 2.97. The van der Waals surface area contributed by atoms with Crippen LogP contribution in [0.1, 0.15) is 49.8 Å². The summed E-state index contributed by atoms with van der Waals surface area (Å²) in [6, 6.07) is 4.02. The molecule has 4 nitrogen and oxygen atoms in total. The molecule has 1 saturated carbocycles. The molecule has 1 amide bonds. The van der Waals surface area contributed by atoms with Gasteiger partial charge in [0.2, 0.25) is 5.91 Å². The van der Waals surface area contributed by atoms with Gasteiger partial charge in [0, 0.05) is 18.3 Å². The van der Waals surface area contributed by atoms with E-state index in [1.165, 1.54) is 4.88 Å². The van der Waals surface area contributed by atoms with E-state index < -0.39 is 11.5 Å². The molecule has 0 radical (unpaired) electrons. The number of hydrogen-bond acceptors (Lipinski definition) is 3. The Bertz CT molecular complexity index is 478. The van der Waals surface area contributed by atoms with Gasteiger partial charge in [-0.25, -0.2) is 0 Å². The predicted octanol–water partition coefficient (Wildman–Crippen LogP) is 3.32. The summed E-state index contributed by atoms with van der Waals surface area (Å²) in [7, 11) is 1.78. The van der Waals surface area contributed by atoms with Gasteiger partial charge in [0.05, 0.1) is 12.0 Å². The zero-order chi connectivity index (χ0) is 15.3. The van der Waals surface area contributed by atoms with Crippen molar-refractivity contribution < 1.29 is 14.7 Å². The summed E-state index contributed by atoms with van der Waals surface area (Å²) < 4.78 is 0. The van der Waals surface area contributed by atoms with Crippen LogP contribution < -0.4 is 0 Å². The van der Waals surface area contributed by atoms with Crippen LogP contribution in [-0.2, 0) is 16.0 Å². The number of amides is 1. The van der Waals surface area contributed by atoms with Crippen molar-refractivity contribution >= 4 is 23.2 Å². The summed E-state index contributed by atoms with van der Waals surface area (Å²) in [5, 5.41) is 11.2. The smallest absolute Gasteiger partial charge is 0.305 e. The van der Waals surface area contributed by atoms with E-state index in [1.807, 2.05) is 17.5 Å². The molecule has 21 heavy (non-hydrogen) atoms. The first-order valence-electron chi connectivity index (χ1n) is 7.54. The van der Waals surface area contributed by atoms with Crippen LogP contribution in [0.4, 0.5) is 0 Å². The highest BCUT2D eigenvalue weighted by Gasteiger charge is 2.40. The fourth-order valence-corrected chi connectivity index (χ4v) is 3.95. The monoisotopic (exact) mass is 309 g/mol. The van der Waals surface area contributed by atoms with Gasteiger partial charge in [-0.05, 0) is 30.7 Å². The summed E-state index contributed by atoms with van der Waals surface area (Å²) in [6.45, 7) is 0. The molecular weight excluding hydrogens is 286 g/mol. The third kappa shape index (κ3) is 4.06. The summed E-state index contributed by atoms with van der Waals surface area (Å²) in [5.74, 6) is -0.749. The van der Waals surface area contributed by atoms with E-state index in [1.54, 1.807) is 23.3 Å². The third-order valence-corrected chi connectivity index (χ3v) is 5.45. The molecule has 0 aliphatic heterocycles. The van der Waals surface area contributed by atoms with Gasteiger partial charge < -0.3 is 10.0 Å². The average molecular weight is 309 g/mol. The molecule has 0 bridgehead atoms. The Morgan fingerprint density at radius 2 is 2.05 bits per heavy atom. The van der Waals surface area contributed by atoms with Gasteiger partial charge in [-0.1, -0.05) is 25.3 Å². The summed E-state index contributed by atoms with van der Waals surface area (Å²) >= 11 is 1.66. The number of aryl methyl sites for hydroxylation is 1. The van der Waals surface area contributed by atoms with E-state index in [0.29, 0.717) is 6.42 Å². The highest BCUT2D eigenvalue weighted by Crippen LogP contribution is 2.36. The summed E-state index contributed by atoms with van der Waals surface area (Å²) in [6.07, 6.45) is 6.03. The molecular formula is C16H23NO3S. The van der Waals surface area contributed by atoms with Crippen LogP contribution in [0.3, 0.4) is 0 Å². The number of carbonyl (C=O) groups is 2. The fourth-order valence-electron chi connectivity index (χ4n) is 3.24. The third-order valence-electron chi connectivity index (χ3n) is 4.52. The predicted molar refractivity (Wildman–Crippen MR) is 83.5 cm³/mol. The van der Waals surface area contributed by atoms with Crippen molar-refractivity contribution in [1.29, 1.82) is 0 Å². The second-order valence-corrected chi connectivity index (χ2v) is 6.92. The Morgan fingerprint density at radius 3 is 2.62 bits per heavy atom. The number of aliphatic carboxylic acids is 1. The first kappa shape index (κ1) is 16.0. The van der Waals surface area contributed by atoms with E-state index >= 15 is 0 Å². The van der Waals surface area contributed by atoms with Crippen molar-refractivity contribution in [2.45, 2.75) is 56.9 Å². The van der Waals surface area contributed by atoms with Crippen molar-refractivity contribution in [2.75, 3.05) is 7.05 Å². The number of hydrogen-bond donors (Lipinski definition) is 1. The minimum Gasteiger partial charge on any atom is -0.481 e. The van der Waals surface area contributed by atoms with Crippen LogP contribution in [0.15, 0.2) is 17.5 Å². The normalized spacial score (nSPS) is 17.4. The van der Waals surface area contributed by atoms with E-state index in [2.05, 4.69) is 0 Å². The zero-order valence-electron chi connectivity index (χ0n) is 12.5. The minimum absolute atomic E-state index is 0.0616. The SMILES string of the molecule is CN(C(=O)CCc1cccs1)C1(CC(=O)O)CCCCC1. The molecule has 1 aliphatic rings. The second-order valence-electron chi connectivity index (χ2n) is 5.89. The van der Waals surface area contributed by atoms with Crippen LogP contribution in [0, 0.1) is 0 Å². The van der Waals surface area contributed by atoms with Crippen molar-refractivity contribution in [3.05, 3.63) is 22.4 Å². The molecule has 116 valence electrons. The maximum atomic E-state index is 12.5. The maximum Gasteiger partial charge on any atom is 0.305 e. The first-order chi connectivity index (χ1) is 10.0. The number of nitrogens with zero attached hydrogens (tertiary/aromatic N) is 1. The van der Waals surface area contributed by atoms with Crippen LogP contribution >= 0.6 is 11.3 Å². The Morgan fingerprint density at radius 1 is 1.33 bits per heavy atom. The molecule has 0 saturated heterocycles. The van der Waals surface area contributed by atoms with Gasteiger partial charge in [-0.3, -0.25) is 9.59 Å². The molecule has 0 atom stereocenters. The fraction of sp³-hybridized carbons (Fsp3) is 0.625. The quantitative estimate of drug-likeness (QED) is 0.877. The maximum absolute atomic E-state index is 12.5. The van der Waals surface area contributed by atoms with Crippen molar-refractivity contribution in [1.82, 2.24) is 4.90 Å². The Labute approximate surface area is 129 Å². The highest BCUT2D eigenvalue weighted by atomic mass is 32.1.